The van der Waals surface area contributed by atoms with Crippen molar-refractivity contribution in [2.45, 2.75) is 45.6 Å². The van der Waals surface area contributed by atoms with Crippen LogP contribution < -0.4 is 5.32 Å². The minimum atomic E-state index is -0.439. The highest BCUT2D eigenvalue weighted by atomic mass is 16.6. The Morgan fingerprint density at radius 1 is 1.56 bits per heavy atom. The molecule has 16 heavy (non-hydrogen) atoms. The molecular formula is C13H21NO2. The number of carbonyl (C=O) groups excluding carboxylic acids is 1. The SMILES string of the molecule is C#CCC(CNC(=O)OC(C)(C)C)C1CC1. The summed E-state index contributed by atoms with van der Waals surface area (Å²) in [7, 11) is 0. The Bertz CT molecular complexity index is 281. The number of ether oxygens (including phenoxy) is 1. The first-order chi connectivity index (χ1) is 7.42. The molecule has 0 aromatic rings. The summed E-state index contributed by atoms with van der Waals surface area (Å²) in [4.78, 5) is 11.4. The van der Waals surface area contributed by atoms with Crippen LogP contribution in [0.5, 0.6) is 0 Å². The van der Waals surface area contributed by atoms with E-state index in [-0.39, 0.29) is 6.09 Å². The van der Waals surface area contributed by atoms with Gasteiger partial charge in [-0.3, -0.25) is 0 Å². The van der Waals surface area contributed by atoms with E-state index in [1.807, 2.05) is 20.8 Å². The third kappa shape index (κ3) is 5.06. The minimum absolute atomic E-state index is 0.352. The average Bonchev–Trinajstić information content (AvgIpc) is 2.92. The van der Waals surface area contributed by atoms with Crippen molar-refractivity contribution in [1.82, 2.24) is 5.32 Å². The van der Waals surface area contributed by atoms with Crippen LogP contribution in [0.4, 0.5) is 4.79 Å². The highest BCUT2D eigenvalue weighted by Crippen LogP contribution is 2.37. The van der Waals surface area contributed by atoms with Gasteiger partial charge in [0.25, 0.3) is 0 Å². The minimum Gasteiger partial charge on any atom is -0.444 e. The topological polar surface area (TPSA) is 38.3 Å². The number of carbonyl (C=O) groups is 1. The molecule has 3 heteroatoms. The van der Waals surface area contributed by atoms with Gasteiger partial charge in [-0.25, -0.2) is 4.79 Å². The van der Waals surface area contributed by atoms with Gasteiger partial charge in [0.15, 0.2) is 0 Å². The van der Waals surface area contributed by atoms with Gasteiger partial charge in [0.05, 0.1) is 0 Å². The van der Waals surface area contributed by atoms with Crippen LogP contribution in [0.1, 0.15) is 40.0 Å². The fourth-order valence-corrected chi connectivity index (χ4v) is 1.65. The molecule has 1 unspecified atom stereocenters. The number of rotatable bonds is 4. The summed E-state index contributed by atoms with van der Waals surface area (Å²) in [6.45, 7) is 6.19. The van der Waals surface area contributed by atoms with E-state index in [2.05, 4.69) is 11.2 Å². The first-order valence-electron chi connectivity index (χ1n) is 5.82. The molecule has 1 saturated carbocycles. The number of hydrogen-bond acceptors (Lipinski definition) is 2. The van der Waals surface area contributed by atoms with E-state index in [0.717, 1.165) is 6.42 Å². The molecule has 1 atom stereocenters. The maximum absolute atomic E-state index is 11.4. The molecule has 0 aromatic carbocycles. The largest absolute Gasteiger partial charge is 0.444 e. The van der Waals surface area contributed by atoms with Gasteiger partial charge in [-0.1, -0.05) is 0 Å². The van der Waals surface area contributed by atoms with Crippen LogP contribution in [-0.2, 0) is 4.74 Å². The average molecular weight is 223 g/mol. The molecule has 0 spiro atoms. The van der Waals surface area contributed by atoms with Gasteiger partial charge in [-0.2, -0.15) is 0 Å². The Morgan fingerprint density at radius 2 is 2.19 bits per heavy atom. The van der Waals surface area contributed by atoms with Gasteiger partial charge in [-0.05, 0) is 45.4 Å². The third-order valence-corrected chi connectivity index (χ3v) is 2.58. The second kappa shape index (κ2) is 5.25. The van der Waals surface area contributed by atoms with Gasteiger partial charge in [0.1, 0.15) is 5.60 Å². The molecule has 0 aromatic heterocycles. The van der Waals surface area contributed by atoms with Gasteiger partial charge in [0.2, 0.25) is 0 Å². The highest BCUT2D eigenvalue weighted by molar-refractivity contribution is 5.67. The molecule has 90 valence electrons. The number of hydrogen-bond donors (Lipinski definition) is 1. The van der Waals surface area contributed by atoms with Crippen molar-refractivity contribution in [3.63, 3.8) is 0 Å². The summed E-state index contributed by atoms with van der Waals surface area (Å²) in [6.07, 6.45) is 8.17. The van der Waals surface area contributed by atoms with Crippen molar-refractivity contribution in [1.29, 1.82) is 0 Å². The summed E-state index contributed by atoms with van der Waals surface area (Å²) in [5.74, 6) is 3.78. The van der Waals surface area contributed by atoms with Crippen LogP contribution in [0.25, 0.3) is 0 Å². The fourth-order valence-electron chi connectivity index (χ4n) is 1.65. The zero-order chi connectivity index (χ0) is 12.2. The lowest BCUT2D eigenvalue weighted by Gasteiger charge is -2.21. The Morgan fingerprint density at radius 3 is 2.62 bits per heavy atom. The van der Waals surface area contributed by atoms with E-state index in [1.165, 1.54) is 12.8 Å². The summed E-state index contributed by atoms with van der Waals surface area (Å²) in [5, 5.41) is 2.79. The van der Waals surface area contributed by atoms with E-state index in [9.17, 15) is 4.79 Å². The van der Waals surface area contributed by atoms with Crippen molar-refractivity contribution in [3.05, 3.63) is 0 Å². The maximum Gasteiger partial charge on any atom is 0.407 e. The van der Waals surface area contributed by atoms with E-state index in [0.29, 0.717) is 18.4 Å². The summed E-state index contributed by atoms with van der Waals surface area (Å²) < 4.78 is 5.16. The first-order valence-corrected chi connectivity index (χ1v) is 5.82. The predicted octanol–water partition coefficient (Wildman–Crippen LogP) is 2.56. The van der Waals surface area contributed by atoms with Crippen molar-refractivity contribution in [2.75, 3.05) is 6.54 Å². The Kier molecular flexibility index (Phi) is 4.23. The fraction of sp³-hybridized carbons (Fsp3) is 0.769. The normalized spacial score (nSPS) is 17.4. The van der Waals surface area contributed by atoms with Crippen LogP contribution in [0.2, 0.25) is 0 Å². The van der Waals surface area contributed by atoms with E-state index < -0.39 is 5.60 Å². The summed E-state index contributed by atoms with van der Waals surface area (Å²) >= 11 is 0. The molecule has 0 bridgehead atoms. The second-order valence-corrected chi connectivity index (χ2v) is 5.39. The van der Waals surface area contributed by atoms with Crippen LogP contribution in [0.15, 0.2) is 0 Å². The Labute approximate surface area is 97.9 Å². The first kappa shape index (κ1) is 12.9. The molecule has 0 radical (unpaired) electrons. The second-order valence-electron chi connectivity index (χ2n) is 5.39. The van der Waals surface area contributed by atoms with Crippen molar-refractivity contribution in [3.8, 4) is 12.3 Å². The lowest BCUT2D eigenvalue weighted by molar-refractivity contribution is 0.0517. The molecule has 1 fully saturated rings. The zero-order valence-electron chi connectivity index (χ0n) is 10.4. The van der Waals surface area contributed by atoms with Gasteiger partial charge < -0.3 is 10.1 Å². The quantitative estimate of drug-likeness (QED) is 0.744. The van der Waals surface area contributed by atoms with Crippen LogP contribution in [0.3, 0.4) is 0 Å². The molecule has 0 saturated heterocycles. The summed E-state index contributed by atoms with van der Waals surface area (Å²) in [6, 6.07) is 0. The molecule has 1 rings (SSSR count). The Balaban J connectivity index is 2.26. The maximum atomic E-state index is 11.4. The van der Waals surface area contributed by atoms with Crippen LogP contribution >= 0.6 is 0 Å². The standard InChI is InChI=1S/C13H21NO2/c1-5-6-11(10-7-8-10)9-14-12(15)16-13(2,3)4/h1,10-11H,6-9H2,2-4H3,(H,14,15). The number of nitrogens with one attached hydrogen (secondary N) is 1. The lowest BCUT2D eigenvalue weighted by Crippen LogP contribution is -2.35. The van der Waals surface area contributed by atoms with Crippen molar-refractivity contribution < 1.29 is 9.53 Å². The smallest absolute Gasteiger partial charge is 0.407 e. The monoisotopic (exact) mass is 223 g/mol. The molecule has 3 nitrogen and oxygen atoms in total. The lowest BCUT2D eigenvalue weighted by atomic mass is 10.0. The molecule has 0 heterocycles. The van der Waals surface area contributed by atoms with E-state index >= 15 is 0 Å². The van der Waals surface area contributed by atoms with Gasteiger partial charge in [-0.15, -0.1) is 12.3 Å². The molecule has 1 amide bonds. The Hall–Kier alpha value is -1.17. The molecule has 1 N–H and O–H groups in total. The van der Waals surface area contributed by atoms with Crippen LogP contribution in [0, 0.1) is 24.2 Å². The van der Waals surface area contributed by atoms with E-state index in [4.69, 9.17) is 11.2 Å². The van der Waals surface area contributed by atoms with Gasteiger partial charge in [0, 0.05) is 13.0 Å². The van der Waals surface area contributed by atoms with Crippen molar-refractivity contribution >= 4 is 6.09 Å². The zero-order valence-corrected chi connectivity index (χ0v) is 10.4. The predicted molar refractivity (Wildman–Crippen MR) is 63.9 cm³/mol. The third-order valence-electron chi connectivity index (χ3n) is 2.58. The summed E-state index contributed by atoms with van der Waals surface area (Å²) in [5.41, 5.74) is -0.439. The number of amides is 1. The molecular weight excluding hydrogens is 202 g/mol. The van der Waals surface area contributed by atoms with Crippen LogP contribution in [-0.4, -0.2) is 18.2 Å². The number of alkyl carbamates (subject to hydrolysis) is 1. The molecule has 1 aliphatic carbocycles. The van der Waals surface area contributed by atoms with Crippen molar-refractivity contribution in [2.24, 2.45) is 11.8 Å². The highest BCUT2D eigenvalue weighted by Gasteiger charge is 2.31. The molecule has 0 aliphatic heterocycles. The van der Waals surface area contributed by atoms with E-state index in [1.54, 1.807) is 0 Å². The molecule has 1 aliphatic rings. The number of terminal acetylenes is 1. The van der Waals surface area contributed by atoms with Gasteiger partial charge >= 0.3 is 6.09 Å².